The molecule has 1 aromatic heterocycles. The van der Waals surface area contributed by atoms with Gasteiger partial charge < -0.3 is 19.2 Å². The van der Waals surface area contributed by atoms with Gasteiger partial charge in [0.15, 0.2) is 5.76 Å². The Morgan fingerprint density at radius 1 is 1.17 bits per heavy atom. The molecule has 29 heavy (non-hydrogen) atoms. The second-order valence-corrected chi connectivity index (χ2v) is 7.75. The zero-order valence-electron chi connectivity index (χ0n) is 14.9. The second-order valence-electron chi connectivity index (χ2n) is 6.14. The second kappa shape index (κ2) is 8.33. The number of ether oxygens (including phenoxy) is 2. The number of halogens is 3. The Hall–Kier alpha value is -2.73. The van der Waals surface area contributed by atoms with E-state index in [1.165, 1.54) is 6.07 Å². The first kappa shape index (κ1) is 21.0. The Kier molecular flexibility index (Phi) is 6.03. The molecule has 0 bridgehead atoms. The Bertz CT molecular complexity index is 950. The summed E-state index contributed by atoms with van der Waals surface area (Å²) in [7, 11) is -4.19. The van der Waals surface area contributed by atoms with Crippen LogP contribution in [-0.2, 0) is 14.8 Å². The highest BCUT2D eigenvalue weighted by molar-refractivity contribution is 7.92. The van der Waals surface area contributed by atoms with Crippen LogP contribution in [0.3, 0.4) is 0 Å². The van der Waals surface area contributed by atoms with Gasteiger partial charge in [-0.3, -0.25) is 9.52 Å². The third kappa shape index (κ3) is 5.87. The number of sulfonamides is 1. The van der Waals surface area contributed by atoms with Crippen molar-refractivity contribution in [2.75, 3.05) is 17.9 Å². The molecule has 2 N–H and O–H groups in total. The number of amides is 1. The molecule has 8 nitrogen and oxygen atoms in total. The Morgan fingerprint density at radius 2 is 1.90 bits per heavy atom. The van der Waals surface area contributed by atoms with Crippen LogP contribution in [0.5, 0.6) is 5.75 Å². The predicted octanol–water partition coefficient (Wildman–Crippen LogP) is 2.89. The molecule has 0 saturated carbocycles. The first-order valence-corrected chi connectivity index (χ1v) is 9.99. The Morgan fingerprint density at radius 3 is 2.52 bits per heavy atom. The van der Waals surface area contributed by atoms with Crippen molar-refractivity contribution in [3.8, 4) is 5.75 Å². The van der Waals surface area contributed by atoms with Gasteiger partial charge in [0.2, 0.25) is 5.09 Å². The normalized spacial score (nSPS) is 17.1. The smallest absolute Gasteiger partial charge is 0.438 e. The van der Waals surface area contributed by atoms with E-state index in [9.17, 15) is 26.4 Å². The van der Waals surface area contributed by atoms with Crippen LogP contribution in [0, 0.1) is 0 Å². The topological polar surface area (TPSA) is 107 Å². The van der Waals surface area contributed by atoms with Crippen molar-refractivity contribution in [3.63, 3.8) is 0 Å². The number of carbonyl (C=O) groups excluding carboxylic acids is 1. The fraction of sp³-hybridized carbons (Fsp3) is 0.353. The summed E-state index contributed by atoms with van der Waals surface area (Å²) in [4.78, 5) is 12.1. The van der Waals surface area contributed by atoms with Gasteiger partial charge in [-0.1, -0.05) is 0 Å². The summed E-state index contributed by atoms with van der Waals surface area (Å²) < 4.78 is 77.5. The van der Waals surface area contributed by atoms with Gasteiger partial charge >= 0.3 is 6.36 Å². The van der Waals surface area contributed by atoms with Crippen LogP contribution in [0.2, 0.25) is 0 Å². The van der Waals surface area contributed by atoms with Gasteiger partial charge in [-0.15, -0.1) is 13.2 Å². The van der Waals surface area contributed by atoms with Crippen LogP contribution >= 0.6 is 0 Å². The molecule has 0 spiro atoms. The van der Waals surface area contributed by atoms with E-state index in [1.807, 2.05) is 0 Å². The molecular formula is C17H17F3N2O6S. The number of furan rings is 1. The summed E-state index contributed by atoms with van der Waals surface area (Å²) in [6.45, 7) is 0.922. The molecule has 1 aliphatic heterocycles. The number of hydrogen-bond donors (Lipinski definition) is 2. The summed E-state index contributed by atoms with van der Waals surface area (Å²) in [6.07, 6.45) is -3.19. The maximum atomic E-state index is 12.4. The number of carbonyl (C=O) groups is 1. The number of anilines is 1. The number of nitrogens with one attached hydrogen (secondary N) is 2. The molecular weight excluding hydrogens is 417 g/mol. The number of hydrogen-bond acceptors (Lipinski definition) is 6. The SMILES string of the molecule is O=C(NC[C@H]1CCCO1)c1ccc(S(=O)(=O)Nc2ccc(OC(F)(F)F)cc2)o1. The molecule has 2 aromatic rings. The van der Waals surface area contributed by atoms with Gasteiger partial charge in [-0.05, 0) is 49.2 Å². The van der Waals surface area contributed by atoms with Gasteiger partial charge in [0.05, 0.1) is 6.10 Å². The van der Waals surface area contributed by atoms with E-state index in [0.29, 0.717) is 6.61 Å². The average molecular weight is 434 g/mol. The van der Waals surface area contributed by atoms with Crippen LogP contribution in [-0.4, -0.2) is 39.9 Å². The van der Waals surface area contributed by atoms with E-state index in [-0.39, 0.29) is 24.1 Å². The molecule has 1 atom stereocenters. The summed E-state index contributed by atoms with van der Waals surface area (Å²) in [6, 6.07) is 6.41. The van der Waals surface area contributed by atoms with Crippen LogP contribution in [0.4, 0.5) is 18.9 Å². The van der Waals surface area contributed by atoms with E-state index in [4.69, 9.17) is 9.15 Å². The van der Waals surface area contributed by atoms with E-state index < -0.39 is 33.1 Å². The molecule has 1 aromatic carbocycles. The highest BCUT2D eigenvalue weighted by Crippen LogP contribution is 2.25. The van der Waals surface area contributed by atoms with Crippen molar-refractivity contribution in [2.24, 2.45) is 0 Å². The molecule has 158 valence electrons. The van der Waals surface area contributed by atoms with E-state index in [0.717, 1.165) is 43.2 Å². The maximum Gasteiger partial charge on any atom is 0.573 e. The fourth-order valence-electron chi connectivity index (χ4n) is 2.62. The standard InChI is InChI=1S/C17H17F3N2O6S/c18-17(19,20)28-12-5-3-11(4-6-12)22-29(24,25)15-8-7-14(27-15)16(23)21-10-13-2-1-9-26-13/h3-8,13,22H,1-2,9-10H2,(H,21,23)/t13-/m1/s1. The minimum Gasteiger partial charge on any atom is -0.438 e. The zero-order chi connectivity index (χ0) is 21.1. The molecule has 1 fully saturated rings. The fourth-order valence-corrected chi connectivity index (χ4v) is 3.61. The van der Waals surface area contributed by atoms with Gasteiger partial charge in [0.25, 0.3) is 15.9 Å². The van der Waals surface area contributed by atoms with Crippen molar-refractivity contribution in [1.82, 2.24) is 5.32 Å². The highest BCUT2D eigenvalue weighted by Gasteiger charge is 2.31. The minimum atomic E-state index is -4.85. The zero-order valence-corrected chi connectivity index (χ0v) is 15.7. The Labute approximate surface area is 164 Å². The lowest BCUT2D eigenvalue weighted by Crippen LogP contribution is -2.31. The summed E-state index contributed by atoms with van der Waals surface area (Å²) >= 11 is 0. The van der Waals surface area contributed by atoms with Crippen molar-refractivity contribution >= 4 is 21.6 Å². The molecule has 1 amide bonds. The van der Waals surface area contributed by atoms with Gasteiger partial charge in [0.1, 0.15) is 5.75 Å². The molecule has 0 radical (unpaired) electrons. The van der Waals surface area contributed by atoms with Gasteiger partial charge in [-0.25, -0.2) is 0 Å². The summed E-state index contributed by atoms with van der Waals surface area (Å²) in [5.74, 6) is -1.28. The highest BCUT2D eigenvalue weighted by atomic mass is 32.2. The van der Waals surface area contributed by atoms with Crippen LogP contribution in [0.1, 0.15) is 23.4 Å². The predicted molar refractivity (Wildman–Crippen MR) is 93.9 cm³/mol. The van der Waals surface area contributed by atoms with Crippen molar-refractivity contribution in [2.45, 2.75) is 30.4 Å². The molecule has 12 heteroatoms. The molecule has 3 rings (SSSR count). The number of rotatable bonds is 7. The van der Waals surface area contributed by atoms with Crippen LogP contribution < -0.4 is 14.8 Å². The van der Waals surface area contributed by atoms with Gasteiger partial charge in [0, 0.05) is 18.8 Å². The summed E-state index contributed by atoms with van der Waals surface area (Å²) in [5, 5.41) is 2.08. The number of alkyl halides is 3. The minimum absolute atomic E-state index is 0.0136. The van der Waals surface area contributed by atoms with Crippen molar-refractivity contribution < 1.29 is 40.3 Å². The van der Waals surface area contributed by atoms with E-state index in [1.54, 1.807) is 0 Å². The van der Waals surface area contributed by atoms with E-state index >= 15 is 0 Å². The lowest BCUT2D eigenvalue weighted by Gasteiger charge is -2.10. The maximum absolute atomic E-state index is 12.4. The van der Waals surface area contributed by atoms with Crippen LogP contribution in [0.25, 0.3) is 0 Å². The molecule has 0 aliphatic carbocycles. The average Bonchev–Trinajstić information content (AvgIpc) is 3.32. The van der Waals surface area contributed by atoms with Crippen molar-refractivity contribution in [3.05, 3.63) is 42.2 Å². The van der Waals surface area contributed by atoms with E-state index in [2.05, 4.69) is 14.8 Å². The monoisotopic (exact) mass is 434 g/mol. The summed E-state index contributed by atoms with van der Waals surface area (Å²) in [5.41, 5.74) is -0.0136. The van der Waals surface area contributed by atoms with Gasteiger partial charge in [-0.2, -0.15) is 8.42 Å². The van der Waals surface area contributed by atoms with Crippen molar-refractivity contribution in [1.29, 1.82) is 0 Å². The lowest BCUT2D eigenvalue weighted by molar-refractivity contribution is -0.274. The molecule has 2 heterocycles. The molecule has 0 unspecified atom stereocenters. The molecule has 1 saturated heterocycles. The number of benzene rings is 1. The lowest BCUT2D eigenvalue weighted by atomic mass is 10.2. The third-order valence-electron chi connectivity index (χ3n) is 3.92. The quantitative estimate of drug-likeness (QED) is 0.694. The first-order chi connectivity index (χ1) is 13.6. The third-order valence-corrected chi connectivity index (χ3v) is 5.18. The molecule has 1 aliphatic rings. The van der Waals surface area contributed by atoms with Crippen LogP contribution in [0.15, 0.2) is 45.9 Å². The first-order valence-electron chi connectivity index (χ1n) is 8.51. The largest absolute Gasteiger partial charge is 0.573 e. The Balaban J connectivity index is 1.61.